The molecule has 1 aliphatic rings. The van der Waals surface area contributed by atoms with Crippen molar-refractivity contribution in [2.24, 2.45) is 5.73 Å². The van der Waals surface area contributed by atoms with Crippen LogP contribution in [0.3, 0.4) is 0 Å². The van der Waals surface area contributed by atoms with Crippen molar-refractivity contribution in [1.29, 1.82) is 0 Å². The maximum Gasteiger partial charge on any atom is 0.138 e. The molecule has 0 radical (unpaired) electrons. The zero-order valence-corrected chi connectivity index (χ0v) is 11.8. The topological polar surface area (TPSA) is 38.5 Å². The fourth-order valence-electron chi connectivity index (χ4n) is 2.18. The average Bonchev–Trinajstić information content (AvgIpc) is 2.34. The maximum absolute atomic E-state index is 6.23. The number of piperidine rings is 1. The number of likely N-dealkylation sites (tertiary alicyclic amines) is 1. The standard InChI is InChI=1S/C14H21ClN2O/c1-10(16)11-3-4-14(13(15)9-11)18-12-5-7-17(2)8-6-12/h3-4,9-10,12H,5-8,16H2,1-2H3/t10-/m1/s1. The number of hydrogen-bond donors (Lipinski definition) is 1. The highest BCUT2D eigenvalue weighted by molar-refractivity contribution is 6.32. The van der Waals surface area contributed by atoms with Crippen molar-refractivity contribution in [2.45, 2.75) is 31.9 Å². The largest absolute Gasteiger partial charge is 0.489 e. The number of nitrogens with zero attached hydrogens (tertiary/aromatic N) is 1. The second-order valence-corrected chi connectivity index (χ2v) is 5.51. The summed E-state index contributed by atoms with van der Waals surface area (Å²) in [5.41, 5.74) is 6.86. The Morgan fingerprint density at radius 1 is 1.39 bits per heavy atom. The monoisotopic (exact) mass is 268 g/mol. The Morgan fingerprint density at radius 3 is 2.61 bits per heavy atom. The molecule has 0 bridgehead atoms. The molecular weight excluding hydrogens is 248 g/mol. The third-order valence-corrected chi connectivity index (χ3v) is 3.74. The minimum Gasteiger partial charge on any atom is -0.489 e. The van der Waals surface area contributed by atoms with Gasteiger partial charge in [-0.1, -0.05) is 17.7 Å². The summed E-state index contributed by atoms with van der Waals surface area (Å²) in [6, 6.07) is 5.82. The van der Waals surface area contributed by atoms with E-state index in [4.69, 9.17) is 22.1 Å². The van der Waals surface area contributed by atoms with Crippen LogP contribution in [0.5, 0.6) is 5.75 Å². The van der Waals surface area contributed by atoms with Crippen molar-refractivity contribution < 1.29 is 4.74 Å². The van der Waals surface area contributed by atoms with Crippen LogP contribution in [0.2, 0.25) is 5.02 Å². The molecular formula is C14H21ClN2O. The van der Waals surface area contributed by atoms with E-state index in [2.05, 4.69) is 11.9 Å². The van der Waals surface area contributed by atoms with Crippen LogP contribution in [0.1, 0.15) is 31.4 Å². The highest BCUT2D eigenvalue weighted by Gasteiger charge is 2.19. The summed E-state index contributed by atoms with van der Waals surface area (Å²) in [6.45, 7) is 4.11. The molecule has 0 aliphatic carbocycles. The zero-order valence-electron chi connectivity index (χ0n) is 11.0. The average molecular weight is 269 g/mol. The lowest BCUT2D eigenvalue weighted by molar-refractivity contribution is 0.114. The van der Waals surface area contributed by atoms with E-state index in [1.807, 2.05) is 25.1 Å². The van der Waals surface area contributed by atoms with Crippen molar-refractivity contribution in [3.05, 3.63) is 28.8 Å². The summed E-state index contributed by atoms with van der Waals surface area (Å²) in [5.74, 6) is 0.774. The summed E-state index contributed by atoms with van der Waals surface area (Å²) in [4.78, 5) is 2.32. The Kier molecular flexibility index (Phi) is 4.49. The van der Waals surface area contributed by atoms with E-state index in [0.717, 1.165) is 37.2 Å². The lowest BCUT2D eigenvalue weighted by atomic mass is 10.1. The summed E-state index contributed by atoms with van der Waals surface area (Å²) in [5, 5.41) is 0.656. The van der Waals surface area contributed by atoms with E-state index in [1.165, 1.54) is 0 Å². The molecule has 1 heterocycles. The molecule has 1 atom stereocenters. The first-order valence-electron chi connectivity index (χ1n) is 6.46. The van der Waals surface area contributed by atoms with Crippen LogP contribution in [0, 0.1) is 0 Å². The fraction of sp³-hybridized carbons (Fsp3) is 0.571. The van der Waals surface area contributed by atoms with E-state index in [0.29, 0.717) is 5.02 Å². The van der Waals surface area contributed by atoms with E-state index in [9.17, 15) is 0 Å². The van der Waals surface area contributed by atoms with E-state index >= 15 is 0 Å². The van der Waals surface area contributed by atoms with Crippen LogP contribution in [0.15, 0.2) is 18.2 Å². The van der Waals surface area contributed by atoms with Crippen molar-refractivity contribution in [3.8, 4) is 5.75 Å². The molecule has 2 N–H and O–H groups in total. The maximum atomic E-state index is 6.23. The van der Waals surface area contributed by atoms with Crippen LogP contribution >= 0.6 is 11.6 Å². The van der Waals surface area contributed by atoms with Crippen LogP contribution in [0.25, 0.3) is 0 Å². The van der Waals surface area contributed by atoms with E-state index in [1.54, 1.807) is 0 Å². The Morgan fingerprint density at radius 2 is 2.06 bits per heavy atom. The summed E-state index contributed by atoms with van der Waals surface area (Å²) in [7, 11) is 2.14. The fourth-order valence-corrected chi connectivity index (χ4v) is 2.41. The van der Waals surface area contributed by atoms with E-state index in [-0.39, 0.29) is 12.1 Å². The van der Waals surface area contributed by atoms with Gasteiger partial charge in [0.15, 0.2) is 0 Å². The van der Waals surface area contributed by atoms with Crippen LogP contribution in [-0.4, -0.2) is 31.1 Å². The molecule has 4 heteroatoms. The molecule has 3 nitrogen and oxygen atoms in total. The van der Waals surface area contributed by atoms with Gasteiger partial charge in [0.25, 0.3) is 0 Å². The molecule has 0 unspecified atom stereocenters. The number of rotatable bonds is 3. The predicted octanol–water partition coefficient (Wildman–Crippen LogP) is 2.83. The number of hydrogen-bond acceptors (Lipinski definition) is 3. The Bertz CT molecular complexity index is 401. The highest BCUT2D eigenvalue weighted by Crippen LogP contribution is 2.29. The summed E-state index contributed by atoms with van der Waals surface area (Å²) in [6.07, 6.45) is 2.39. The van der Waals surface area contributed by atoms with Crippen molar-refractivity contribution >= 4 is 11.6 Å². The normalized spacial score (nSPS) is 19.8. The predicted molar refractivity (Wildman–Crippen MR) is 75.2 cm³/mol. The van der Waals surface area contributed by atoms with Gasteiger partial charge in [0, 0.05) is 19.1 Å². The summed E-state index contributed by atoms with van der Waals surface area (Å²) >= 11 is 6.23. The van der Waals surface area contributed by atoms with E-state index < -0.39 is 0 Å². The van der Waals surface area contributed by atoms with Gasteiger partial charge in [-0.2, -0.15) is 0 Å². The van der Waals surface area contributed by atoms with Gasteiger partial charge in [0.1, 0.15) is 11.9 Å². The Balaban J connectivity index is 2.01. The molecule has 1 aliphatic heterocycles. The van der Waals surface area contributed by atoms with Crippen molar-refractivity contribution in [1.82, 2.24) is 4.90 Å². The molecule has 0 spiro atoms. The summed E-state index contributed by atoms with van der Waals surface area (Å²) < 4.78 is 5.97. The molecule has 100 valence electrons. The minimum atomic E-state index is -0.000111. The second-order valence-electron chi connectivity index (χ2n) is 5.10. The lowest BCUT2D eigenvalue weighted by Gasteiger charge is -2.29. The van der Waals surface area contributed by atoms with Crippen LogP contribution < -0.4 is 10.5 Å². The third-order valence-electron chi connectivity index (χ3n) is 3.44. The number of halogens is 1. The van der Waals surface area contributed by atoms with Gasteiger partial charge in [-0.3, -0.25) is 0 Å². The quantitative estimate of drug-likeness (QED) is 0.916. The van der Waals surface area contributed by atoms with Crippen molar-refractivity contribution in [3.63, 3.8) is 0 Å². The molecule has 18 heavy (non-hydrogen) atoms. The molecule has 2 rings (SSSR count). The SMILES string of the molecule is C[C@@H](N)c1ccc(OC2CCN(C)CC2)c(Cl)c1. The lowest BCUT2D eigenvalue weighted by Crippen LogP contribution is -2.35. The first-order valence-corrected chi connectivity index (χ1v) is 6.84. The number of benzene rings is 1. The smallest absolute Gasteiger partial charge is 0.138 e. The molecule has 1 fully saturated rings. The molecule has 0 aromatic heterocycles. The van der Waals surface area contributed by atoms with Gasteiger partial charge >= 0.3 is 0 Å². The molecule has 1 aromatic rings. The molecule has 0 amide bonds. The second kappa shape index (κ2) is 5.91. The van der Waals surface area contributed by atoms with Gasteiger partial charge in [-0.25, -0.2) is 0 Å². The highest BCUT2D eigenvalue weighted by atomic mass is 35.5. The van der Waals surface area contributed by atoms with Crippen LogP contribution in [-0.2, 0) is 0 Å². The van der Waals surface area contributed by atoms with Crippen molar-refractivity contribution in [2.75, 3.05) is 20.1 Å². The number of nitrogens with two attached hydrogens (primary N) is 1. The van der Waals surface area contributed by atoms with Crippen LogP contribution in [0.4, 0.5) is 0 Å². The molecule has 1 aromatic carbocycles. The molecule has 0 saturated carbocycles. The van der Waals surface area contributed by atoms with Gasteiger partial charge in [-0.15, -0.1) is 0 Å². The van der Waals surface area contributed by atoms with Gasteiger partial charge in [-0.05, 0) is 44.5 Å². The first kappa shape index (κ1) is 13.7. The number of ether oxygens (including phenoxy) is 1. The van der Waals surface area contributed by atoms with Gasteiger partial charge < -0.3 is 15.4 Å². The Labute approximate surface area is 114 Å². The third kappa shape index (κ3) is 3.37. The minimum absolute atomic E-state index is 0.000111. The zero-order chi connectivity index (χ0) is 13.1. The molecule has 1 saturated heterocycles. The van der Waals surface area contributed by atoms with Gasteiger partial charge in [0.2, 0.25) is 0 Å². The first-order chi connectivity index (χ1) is 8.56. The Hall–Kier alpha value is -0.770. The van der Waals surface area contributed by atoms with Gasteiger partial charge in [0.05, 0.1) is 5.02 Å².